The smallest absolute Gasteiger partial charge is 0.111 e. The molecule has 0 spiro atoms. The predicted molar refractivity (Wildman–Crippen MR) is 78.5 cm³/mol. The van der Waals surface area contributed by atoms with Crippen LogP contribution in [0.5, 0.6) is 0 Å². The molecule has 1 unspecified atom stereocenters. The molecule has 2 aromatic carbocycles. The third-order valence-corrected chi connectivity index (χ3v) is 3.55. The van der Waals surface area contributed by atoms with E-state index in [0.717, 1.165) is 5.56 Å². The van der Waals surface area contributed by atoms with Gasteiger partial charge in [-0.1, -0.05) is 72.8 Å². The van der Waals surface area contributed by atoms with Crippen molar-refractivity contribution in [3.05, 3.63) is 90.0 Å². The Bertz CT molecular complexity index is 611. The highest BCUT2D eigenvalue weighted by molar-refractivity contribution is 5.75. The molecular formula is C18H16O. The maximum Gasteiger partial charge on any atom is 0.111 e. The van der Waals surface area contributed by atoms with Crippen LogP contribution in [0.1, 0.15) is 17.5 Å². The summed E-state index contributed by atoms with van der Waals surface area (Å²) in [4.78, 5) is 0. The molecule has 1 N–H and O–H groups in total. The van der Waals surface area contributed by atoms with Crippen LogP contribution >= 0.6 is 0 Å². The first-order chi connectivity index (χ1) is 9.28. The van der Waals surface area contributed by atoms with Crippen LogP contribution in [0.2, 0.25) is 0 Å². The maximum atomic E-state index is 10.7. The molecule has 0 aromatic heterocycles. The van der Waals surface area contributed by atoms with Gasteiger partial charge in [-0.05, 0) is 22.8 Å². The van der Waals surface area contributed by atoms with Crippen molar-refractivity contribution < 1.29 is 5.11 Å². The van der Waals surface area contributed by atoms with Crippen LogP contribution in [-0.2, 0) is 5.60 Å². The minimum absolute atomic E-state index is 0.609. The van der Waals surface area contributed by atoms with Crippen molar-refractivity contribution in [2.75, 3.05) is 0 Å². The minimum atomic E-state index is -0.875. The molecule has 1 atom stereocenters. The summed E-state index contributed by atoms with van der Waals surface area (Å²) in [6.45, 7) is 0. The lowest BCUT2D eigenvalue weighted by molar-refractivity contribution is 0.0920. The van der Waals surface area contributed by atoms with E-state index in [1.165, 1.54) is 11.1 Å². The summed E-state index contributed by atoms with van der Waals surface area (Å²) in [5, 5.41) is 10.7. The molecule has 0 fully saturated rings. The lowest BCUT2D eigenvalue weighted by Gasteiger charge is -2.27. The van der Waals surface area contributed by atoms with E-state index in [-0.39, 0.29) is 0 Å². The minimum Gasteiger partial charge on any atom is -0.381 e. The van der Waals surface area contributed by atoms with Crippen LogP contribution in [-0.4, -0.2) is 5.11 Å². The first kappa shape index (κ1) is 11.9. The highest BCUT2D eigenvalue weighted by atomic mass is 16.3. The lowest BCUT2D eigenvalue weighted by Crippen LogP contribution is -2.23. The summed E-state index contributed by atoms with van der Waals surface area (Å²) in [5.41, 5.74) is 2.42. The van der Waals surface area contributed by atoms with Crippen molar-refractivity contribution in [1.29, 1.82) is 0 Å². The summed E-state index contributed by atoms with van der Waals surface area (Å²) in [5.74, 6) is 0. The molecule has 0 saturated carbocycles. The van der Waals surface area contributed by atoms with Crippen LogP contribution in [0, 0.1) is 0 Å². The molecule has 0 aliphatic heterocycles. The predicted octanol–water partition coefficient (Wildman–Crippen LogP) is 3.92. The van der Waals surface area contributed by atoms with Gasteiger partial charge in [0.05, 0.1) is 0 Å². The van der Waals surface area contributed by atoms with Crippen molar-refractivity contribution >= 4 is 5.57 Å². The van der Waals surface area contributed by atoms with Crippen molar-refractivity contribution in [3.8, 4) is 0 Å². The Morgan fingerprint density at radius 2 is 1.47 bits per heavy atom. The zero-order valence-corrected chi connectivity index (χ0v) is 10.7. The Morgan fingerprint density at radius 3 is 2.05 bits per heavy atom. The summed E-state index contributed by atoms with van der Waals surface area (Å²) < 4.78 is 0. The molecule has 0 heterocycles. The van der Waals surface area contributed by atoms with E-state index in [9.17, 15) is 5.11 Å². The summed E-state index contributed by atoms with van der Waals surface area (Å²) in [6, 6.07) is 20.0. The SMILES string of the molecule is OC1(c2ccccc2)C=CC(c2ccccc2)=CC1. The fourth-order valence-electron chi connectivity index (χ4n) is 2.41. The molecule has 0 bridgehead atoms. The molecule has 3 rings (SSSR count). The van der Waals surface area contributed by atoms with Gasteiger partial charge in [-0.25, -0.2) is 0 Å². The normalized spacial score (nSPS) is 22.1. The molecule has 1 aliphatic rings. The van der Waals surface area contributed by atoms with Crippen molar-refractivity contribution in [2.24, 2.45) is 0 Å². The Hall–Kier alpha value is -2.12. The molecule has 94 valence electrons. The van der Waals surface area contributed by atoms with Gasteiger partial charge in [0, 0.05) is 6.42 Å². The van der Waals surface area contributed by atoms with Crippen molar-refractivity contribution in [2.45, 2.75) is 12.0 Å². The van der Waals surface area contributed by atoms with Crippen LogP contribution < -0.4 is 0 Å². The highest BCUT2D eigenvalue weighted by Gasteiger charge is 2.27. The average Bonchev–Trinajstić information content (AvgIpc) is 2.50. The van der Waals surface area contributed by atoms with Gasteiger partial charge in [-0.15, -0.1) is 0 Å². The van der Waals surface area contributed by atoms with E-state index >= 15 is 0 Å². The summed E-state index contributed by atoms with van der Waals surface area (Å²) in [6.07, 6.45) is 6.61. The van der Waals surface area contributed by atoms with Crippen molar-refractivity contribution in [1.82, 2.24) is 0 Å². The van der Waals surface area contributed by atoms with E-state index in [1.807, 2.05) is 60.7 Å². The van der Waals surface area contributed by atoms with Gasteiger partial charge in [0.15, 0.2) is 0 Å². The second-order valence-corrected chi connectivity index (χ2v) is 4.85. The fraction of sp³-hybridized carbons (Fsp3) is 0.111. The second kappa shape index (κ2) is 4.87. The first-order valence-corrected chi connectivity index (χ1v) is 6.51. The van der Waals surface area contributed by atoms with E-state index in [2.05, 4.69) is 18.2 Å². The van der Waals surface area contributed by atoms with Crippen LogP contribution in [0.3, 0.4) is 0 Å². The topological polar surface area (TPSA) is 20.2 Å². The molecule has 1 heteroatoms. The van der Waals surface area contributed by atoms with Crippen LogP contribution in [0.25, 0.3) is 5.57 Å². The van der Waals surface area contributed by atoms with Gasteiger partial charge in [0.1, 0.15) is 5.60 Å². The largest absolute Gasteiger partial charge is 0.381 e. The molecule has 2 aromatic rings. The molecule has 0 radical (unpaired) electrons. The zero-order valence-electron chi connectivity index (χ0n) is 10.7. The third kappa shape index (κ3) is 2.38. The van der Waals surface area contributed by atoms with Gasteiger partial charge in [-0.2, -0.15) is 0 Å². The Labute approximate surface area is 113 Å². The summed E-state index contributed by atoms with van der Waals surface area (Å²) in [7, 11) is 0. The number of aliphatic hydroxyl groups is 1. The molecule has 0 saturated heterocycles. The Morgan fingerprint density at radius 1 is 0.842 bits per heavy atom. The number of allylic oxidation sites excluding steroid dienone is 2. The van der Waals surface area contributed by atoms with Gasteiger partial charge in [0.2, 0.25) is 0 Å². The van der Waals surface area contributed by atoms with Crippen LogP contribution in [0.4, 0.5) is 0 Å². The monoisotopic (exact) mass is 248 g/mol. The molecule has 1 aliphatic carbocycles. The zero-order chi connectivity index (χ0) is 13.1. The summed E-state index contributed by atoms with van der Waals surface area (Å²) >= 11 is 0. The van der Waals surface area contributed by atoms with E-state index in [0.29, 0.717) is 6.42 Å². The van der Waals surface area contributed by atoms with Crippen LogP contribution in [0.15, 0.2) is 78.9 Å². The van der Waals surface area contributed by atoms with E-state index < -0.39 is 5.60 Å². The first-order valence-electron chi connectivity index (χ1n) is 6.51. The number of benzene rings is 2. The molecule has 19 heavy (non-hydrogen) atoms. The van der Waals surface area contributed by atoms with E-state index in [4.69, 9.17) is 0 Å². The average molecular weight is 248 g/mol. The van der Waals surface area contributed by atoms with E-state index in [1.54, 1.807) is 0 Å². The number of hydrogen-bond acceptors (Lipinski definition) is 1. The Balaban J connectivity index is 1.87. The van der Waals surface area contributed by atoms with Gasteiger partial charge in [-0.3, -0.25) is 0 Å². The Kier molecular flexibility index (Phi) is 3.06. The fourth-order valence-corrected chi connectivity index (χ4v) is 2.41. The van der Waals surface area contributed by atoms with Gasteiger partial charge >= 0.3 is 0 Å². The number of hydrogen-bond donors (Lipinski definition) is 1. The molecular weight excluding hydrogens is 232 g/mol. The van der Waals surface area contributed by atoms with Gasteiger partial charge < -0.3 is 5.11 Å². The molecule has 1 nitrogen and oxygen atoms in total. The maximum absolute atomic E-state index is 10.7. The highest BCUT2D eigenvalue weighted by Crippen LogP contribution is 2.33. The lowest BCUT2D eigenvalue weighted by atomic mass is 9.84. The number of rotatable bonds is 2. The quantitative estimate of drug-likeness (QED) is 0.854. The molecule has 0 amide bonds. The standard InChI is InChI=1S/C18H16O/c19-18(17-9-5-2-6-10-17)13-11-16(12-14-18)15-7-3-1-4-8-15/h1-13,19H,14H2. The second-order valence-electron chi connectivity index (χ2n) is 4.85. The van der Waals surface area contributed by atoms with Gasteiger partial charge in [0.25, 0.3) is 0 Å². The third-order valence-electron chi connectivity index (χ3n) is 3.55. The van der Waals surface area contributed by atoms with Crippen molar-refractivity contribution in [3.63, 3.8) is 0 Å².